The first-order valence-corrected chi connectivity index (χ1v) is 7.61. The fourth-order valence-electron chi connectivity index (χ4n) is 1.92. The van der Waals surface area contributed by atoms with Gasteiger partial charge in [0.2, 0.25) is 0 Å². The largest absolute Gasteiger partial charge is 0.312 e. The molecule has 0 spiro atoms. The highest BCUT2D eigenvalue weighted by Crippen LogP contribution is 2.12. The van der Waals surface area contributed by atoms with Gasteiger partial charge in [0, 0.05) is 17.8 Å². The third-order valence-corrected chi connectivity index (χ3v) is 3.58. The summed E-state index contributed by atoms with van der Waals surface area (Å²) in [4.78, 5) is 0. The first-order valence-electron chi connectivity index (χ1n) is 7.61. The molecule has 0 aromatic carbocycles. The number of hydrogen-bond donors (Lipinski definition) is 1. The van der Waals surface area contributed by atoms with E-state index in [4.69, 9.17) is 0 Å². The third kappa shape index (κ3) is 6.24. The lowest BCUT2D eigenvalue weighted by Crippen LogP contribution is -2.38. The number of aromatic nitrogens is 2. The van der Waals surface area contributed by atoms with Gasteiger partial charge in [0.25, 0.3) is 0 Å². The smallest absolute Gasteiger partial charge is 0.0624 e. The van der Waals surface area contributed by atoms with Crippen LogP contribution in [0.25, 0.3) is 0 Å². The van der Waals surface area contributed by atoms with Crippen LogP contribution < -0.4 is 5.32 Å². The molecule has 110 valence electrons. The number of aryl methyl sites for hydroxylation is 1. The summed E-state index contributed by atoms with van der Waals surface area (Å²) in [5, 5.41) is 8.22. The summed E-state index contributed by atoms with van der Waals surface area (Å²) in [5.74, 6) is 0.688. The molecular weight excluding hydrogens is 234 g/mol. The van der Waals surface area contributed by atoms with E-state index in [0.29, 0.717) is 12.0 Å². The Labute approximate surface area is 118 Å². The highest BCUT2D eigenvalue weighted by Gasteiger charge is 2.12. The van der Waals surface area contributed by atoms with Gasteiger partial charge < -0.3 is 5.32 Å². The van der Waals surface area contributed by atoms with Crippen LogP contribution in [0.1, 0.15) is 66.1 Å². The minimum absolute atomic E-state index is 0.215. The number of rotatable bonds is 7. The van der Waals surface area contributed by atoms with E-state index >= 15 is 0 Å². The lowest BCUT2D eigenvalue weighted by Gasteiger charge is -2.23. The second kappa shape index (κ2) is 7.09. The maximum absolute atomic E-state index is 4.66. The van der Waals surface area contributed by atoms with E-state index in [2.05, 4.69) is 68.9 Å². The molecule has 0 saturated carbocycles. The SMILES string of the molecule is CCC(C)n1ccc(CCC(C)CNC(C)(C)C)n1. The quantitative estimate of drug-likeness (QED) is 0.812. The molecule has 0 aliphatic heterocycles. The van der Waals surface area contributed by atoms with E-state index in [9.17, 15) is 0 Å². The molecule has 0 fully saturated rings. The predicted molar refractivity (Wildman–Crippen MR) is 82.5 cm³/mol. The van der Waals surface area contributed by atoms with E-state index in [1.807, 2.05) is 0 Å². The van der Waals surface area contributed by atoms with Crippen molar-refractivity contribution < 1.29 is 0 Å². The van der Waals surface area contributed by atoms with Crippen LogP contribution in [0.15, 0.2) is 12.3 Å². The van der Waals surface area contributed by atoms with E-state index < -0.39 is 0 Å². The van der Waals surface area contributed by atoms with Crippen molar-refractivity contribution in [2.45, 2.75) is 72.4 Å². The summed E-state index contributed by atoms with van der Waals surface area (Å²) in [6.45, 7) is 14.5. The van der Waals surface area contributed by atoms with Gasteiger partial charge in [-0.05, 0) is 65.5 Å². The van der Waals surface area contributed by atoms with Crippen molar-refractivity contribution in [1.29, 1.82) is 0 Å². The Kier molecular flexibility index (Phi) is 6.05. The summed E-state index contributed by atoms with van der Waals surface area (Å²) >= 11 is 0. The van der Waals surface area contributed by atoms with Crippen molar-refractivity contribution in [1.82, 2.24) is 15.1 Å². The summed E-state index contributed by atoms with van der Waals surface area (Å²) in [7, 11) is 0. The van der Waals surface area contributed by atoms with Gasteiger partial charge in [-0.1, -0.05) is 13.8 Å². The molecule has 0 aliphatic rings. The van der Waals surface area contributed by atoms with Crippen molar-refractivity contribution in [3.8, 4) is 0 Å². The first kappa shape index (κ1) is 16.2. The normalized spacial score (nSPS) is 15.5. The first-order chi connectivity index (χ1) is 8.81. The summed E-state index contributed by atoms with van der Waals surface area (Å²) in [5.41, 5.74) is 1.44. The van der Waals surface area contributed by atoms with Crippen molar-refractivity contribution >= 4 is 0 Å². The Balaban J connectivity index is 2.34. The van der Waals surface area contributed by atoms with Crippen LogP contribution in [0.2, 0.25) is 0 Å². The van der Waals surface area contributed by atoms with Crippen LogP contribution in [0.3, 0.4) is 0 Å². The van der Waals surface area contributed by atoms with Gasteiger partial charge in [0.1, 0.15) is 0 Å². The molecule has 1 aromatic rings. The molecule has 1 heterocycles. The highest BCUT2D eigenvalue weighted by atomic mass is 15.3. The van der Waals surface area contributed by atoms with E-state index in [0.717, 1.165) is 19.4 Å². The van der Waals surface area contributed by atoms with Crippen molar-refractivity contribution in [3.05, 3.63) is 18.0 Å². The van der Waals surface area contributed by atoms with Crippen LogP contribution in [0, 0.1) is 5.92 Å². The fourth-order valence-corrected chi connectivity index (χ4v) is 1.92. The number of nitrogens with one attached hydrogen (secondary N) is 1. The highest BCUT2D eigenvalue weighted by molar-refractivity contribution is 5.00. The Hall–Kier alpha value is -0.830. The van der Waals surface area contributed by atoms with Gasteiger partial charge in [-0.15, -0.1) is 0 Å². The minimum atomic E-state index is 0.215. The lowest BCUT2D eigenvalue weighted by atomic mass is 10.0. The number of hydrogen-bond acceptors (Lipinski definition) is 2. The zero-order valence-electron chi connectivity index (χ0n) is 13.5. The van der Waals surface area contributed by atoms with Gasteiger partial charge >= 0.3 is 0 Å². The Morgan fingerprint density at radius 3 is 2.58 bits per heavy atom. The third-order valence-electron chi connectivity index (χ3n) is 3.58. The fraction of sp³-hybridized carbons (Fsp3) is 0.812. The molecule has 0 aliphatic carbocycles. The van der Waals surface area contributed by atoms with Crippen molar-refractivity contribution in [2.24, 2.45) is 5.92 Å². The molecule has 0 bridgehead atoms. The number of nitrogens with zero attached hydrogens (tertiary/aromatic N) is 2. The Bertz CT molecular complexity index is 362. The van der Waals surface area contributed by atoms with Crippen LogP contribution in [-0.2, 0) is 6.42 Å². The molecule has 0 saturated heterocycles. The van der Waals surface area contributed by atoms with Gasteiger partial charge in [-0.3, -0.25) is 4.68 Å². The topological polar surface area (TPSA) is 29.9 Å². The molecule has 0 radical (unpaired) electrons. The minimum Gasteiger partial charge on any atom is -0.312 e. The van der Waals surface area contributed by atoms with Crippen LogP contribution in [0.4, 0.5) is 0 Å². The molecule has 3 nitrogen and oxygen atoms in total. The van der Waals surface area contributed by atoms with Crippen LogP contribution in [0.5, 0.6) is 0 Å². The second-order valence-electron chi connectivity index (χ2n) is 6.82. The maximum atomic E-state index is 4.66. The molecule has 1 N–H and O–H groups in total. The molecule has 19 heavy (non-hydrogen) atoms. The molecular formula is C16H31N3. The van der Waals surface area contributed by atoms with E-state index in [1.54, 1.807) is 0 Å². The van der Waals surface area contributed by atoms with Crippen LogP contribution in [-0.4, -0.2) is 21.9 Å². The monoisotopic (exact) mass is 265 g/mol. The molecule has 3 heteroatoms. The van der Waals surface area contributed by atoms with Crippen molar-refractivity contribution in [3.63, 3.8) is 0 Å². The Morgan fingerprint density at radius 1 is 1.32 bits per heavy atom. The van der Waals surface area contributed by atoms with Gasteiger partial charge in [0.15, 0.2) is 0 Å². The maximum Gasteiger partial charge on any atom is 0.0624 e. The van der Waals surface area contributed by atoms with Crippen LogP contribution >= 0.6 is 0 Å². The molecule has 2 unspecified atom stereocenters. The standard InChI is InChI=1S/C16H31N3/c1-7-14(3)19-11-10-15(18-19)9-8-13(2)12-17-16(4,5)6/h10-11,13-14,17H,7-9,12H2,1-6H3. The summed E-state index contributed by atoms with van der Waals surface area (Å²) in [6.07, 6.45) is 5.52. The second-order valence-corrected chi connectivity index (χ2v) is 6.82. The Morgan fingerprint density at radius 2 is 2.00 bits per heavy atom. The molecule has 1 aromatic heterocycles. The lowest BCUT2D eigenvalue weighted by molar-refractivity contribution is 0.371. The van der Waals surface area contributed by atoms with Gasteiger partial charge in [0.05, 0.1) is 5.69 Å². The zero-order valence-corrected chi connectivity index (χ0v) is 13.5. The molecule has 1 rings (SSSR count). The van der Waals surface area contributed by atoms with E-state index in [1.165, 1.54) is 12.1 Å². The van der Waals surface area contributed by atoms with Gasteiger partial charge in [-0.2, -0.15) is 5.10 Å². The van der Waals surface area contributed by atoms with Crippen molar-refractivity contribution in [2.75, 3.05) is 6.54 Å². The zero-order chi connectivity index (χ0) is 14.5. The summed E-state index contributed by atoms with van der Waals surface area (Å²) < 4.78 is 2.09. The van der Waals surface area contributed by atoms with E-state index in [-0.39, 0.29) is 5.54 Å². The molecule has 0 amide bonds. The van der Waals surface area contributed by atoms with Gasteiger partial charge in [-0.25, -0.2) is 0 Å². The predicted octanol–water partition coefficient (Wildman–Crippen LogP) is 3.81. The average Bonchev–Trinajstić information content (AvgIpc) is 2.80. The average molecular weight is 265 g/mol. The molecule has 2 atom stereocenters. The summed E-state index contributed by atoms with van der Waals surface area (Å²) in [6, 6.07) is 2.67.